The third-order valence-electron chi connectivity index (χ3n) is 4.72. The predicted octanol–water partition coefficient (Wildman–Crippen LogP) is 4.29. The molecule has 1 N–H and O–H groups in total. The fraction of sp³-hybridized carbons (Fsp3) is 0.381. The number of amides is 1. The molecule has 0 atom stereocenters. The minimum absolute atomic E-state index is 0.0110. The second-order valence-electron chi connectivity index (χ2n) is 6.90. The highest BCUT2D eigenvalue weighted by Gasteiger charge is 2.12. The molecule has 1 amide bonds. The fourth-order valence-electron chi connectivity index (χ4n) is 3.13. The first-order valence-corrected chi connectivity index (χ1v) is 10.1. The summed E-state index contributed by atoms with van der Waals surface area (Å²) in [5, 5.41) is 4.07. The maximum Gasteiger partial charge on any atom is 0.225 e. The number of anilines is 2. The van der Waals surface area contributed by atoms with Crippen molar-refractivity contribution in [3.63, 3.8) is 0 Å². The Kier molecular flexibility index (Phi) is 7.57. The van der Waals surface area contributed by atoms with E-state index in [4.69, 9.17) is 27.9 Å². The van der Waals surface area contributed by atoms with E-state index >= 15 is 0 Å². The van der Waals surface area contributed by atoms with Gasteiger partial charge in [-0.2, -0.15) is 0 Å². The number of nitrogens with one attached hydrogen (secondary N) is 1. The number of nitrogens with zero attached hydrogens (tertiary/aromatic N) is 2. The summed E-state index contributed by atoms with van der Waals surface area (Å²) in [6.07, 6.45) is 0.403. The first-order valence-electron chi connectivity index (χ1n) is 9.37. The molecule has 2 aromatic rings. The Hall–Kier alpha value is -1.79. The van der Waals surface area contributed by atoms with Gasteiger partial charge in [-0.3, -0.25) is 4.79 Å². The molecule has 1 aliphatic heterocycles. The van der Waals surface area contributed by atoms with Gasteiger partial charge >= 0.3 is 0 Å². The first kappa shape index (κ1) is 20.9. The fourth-order valence-corrected chi connectivity index (χ4v) is 3.51. The molecule has 7 heteroatoms. The van der Waals surface area contributed by atoms with Crippen molar-refractivity contribution in [1.29, 1.82) is 0 Å². The Morgan fingerprint density at radius 1 is 1.14 bits per heavy atom. The molecule has 1 heterocycles. The average molecular weight is 422 g/mol. The van der Waals surface area contributed by atoms with Crippen LogP contribution in [0, 0.1) is 0 Å². The zero-order valence-electron chi connectivity index (χ0n) is 16.0. The number of ether oxygens (including phenoxy) is 1. The molecule has 28 heavy (non-hydrogen) atoms. The molecule has 1 fully saturated rings. The van der Waals surface area contributed by atoms with E-state index in [2.05, 4.69) is 15.1 Å². The Labute approximate surface area is 176 Å². The molecular formula is C21H25Cl2N3O2. The zero-order valence-corrected chi connectivity index (χ0v) is 17.5. The maximum absolute atomic E-state index is 12.3. The number of morpholine rings is 1. The normalized spacial score (nSPS) is 14.4. The van der Waals surface area contributed by atoms with Gasteiger partial charge in [-0.15, -0.1) is 0 Å². The van der Waals surface area contributed by atoms with Crippen molar-refractivity contribution in [1.82, 2.24) is 4.90 Å². The molecule has 5 nitrogen and oxygen atoms in total. The van der Waals surface area contributed by atoms with Crippen molar-refractivity contribution in [3.8, 4) is 0 Å². The third kappa shape index (κ3) is 5.85. The van der Waals surface area contributed by atoms with Crippen molar-refractivity contribution in [3.05, 3.63) is 58.1 Å². The number of carbonyl (C=O) groups is 1. The SMILES string of the molecule is CN(CCC(=O)Nc1ccc(N2CCOCC2)cc1)Cc1cccc(Cl)c1Cl. The Balaban J connectivity index is 1.45. The molecule has 0 bridgehead atoms. The van der Waals surface area contributed by atoms with Gasteiger partial charge < -0.3 is 19.9 Å². The van der Waals surface area contributed by atoms with E-state index in [-0.39, 0.29) is 5.91 Å². The van der Waals surface area contributed by atoms with Gasteiger partial charge in [0.15, 0.2) is 0 Å². The first-order chi connectivity index (χ1) is 13.5. The van der Waals surface area contributed by atoms with E-state index < -0.39 is 0 Å². The van der Waals surface area contributed by atoms with Crippen LogP contribution in [0.3, 0.4) is 0 Å². The Morgan fingerprint density at radius 2 is 1.86 bits per heavy atom. The standard InChI is InChI=1S/C21H25Cl2N3O2/c1-25(15-16-3-2-4-19(22)21(16)23)10-9-20(27)24-17-5-7-18(8-6-17)26-11-13-28-14-12-26/h2-8H,9-15H2,1H3,(H,24,27). The number of hydrogen-bond donors (Lipinski definition) is 1. The molecule has 0 unspecified atom stereocenters. The van der Waals surface area contributed by atoms with Gasteiger partial charge in [0.1, 0.15) is 0 Å². The highest BCUT2D eigenvalue weighted by molar-refractivity contribution is 6.42. The summed E-state index contributed by atoms with van der Waals surface area (Å²) in [7, 11) is 1.96. The second-order valence-corrected chi connectivity index (χ2v) is 7.68. The summed E-state index contributed by atoms with van der Waals surface area (Å²) in [5.74, 6) is -0.0110. The van der Waals surface area contributed by atoms with Crippen LogP contribution in [0.15, 0.2) is 42.5 Å². The molecule has 0 saturated carbocycles. The minimum Gasteiger partial charge on any atom is -0.378 e. The van der Waals surface area contributed by atoms with Gasteiger partial charge in [0.25, 0.3) is 0 Å². The van der Waals surface area contributed by atoms with Gasteiger partial charge in [-0.1, -0.05) is 35.3 Å². The minimum atomic E-state index is -0.0110. The molecule has 1 aliphatic rings. The lowest BCUT2D eigenvalue weighted by Crippen LogP contribution is -2.36. The van der Waals surface area contributed by atoms with Crippen LogP contribution in [0.5, 0.6) is 0 Å². The molecule has 1 saturated heterocycles. The van der Waals surface area contributed by atoms with Crippen molar-refractivity contribution in [2.45, 2.75) is 13.0 Å². The van der Waals surface area contributed by atoms with E-state index in [0.29, 0.717) is 29.6 Å². The van der Waals surface area contributed by atoms with Gasteiger partial charge in [0.2, 0.25) is 5.91 Å². The quantitative estimate of drug-likeness (QED) is 0.723. The highest BCUT2D eigenvalue weighted by atomic mass is 35.5. The van der Waals surface area contributed by atoms with E-state index in [9.17, 15) is 4.79 Å². The lowest BCUT2D eigenvalue weighted by molar-refractivity contribution is -0.116. The Morgan fingerprint density at radius 3 is 2.57 bits per heavy atom. The van der Waals surface area contributed by atoms with Crippen molar-refractivity contribution in [2.75, 3.05) is 50.1 Å². The zero-order chi connectivity index (χ0) is 19.9. The lowest BCUT2D eigenvalue weighted by atomic mass is 10.2. The number of benzene rings is 2. The van der Waals surface area contributed by atoms with Crippen molar-refractivity contribution in [2.24, 2.45) is 0 Å². The van der Waals surface area contributed by atoms with Crippen LogP contribution in [0.25, 0.3) is 0 Å². The number of rotatable bonds is 7. The van der Waals surface area contributed by atoms with Crippen LogP contribution in [-0.4, -0.2) is 50.7 Å². The summed E-state index contributed by atoms with van der Waals surface area (Å²) in [6, 6.07) is 13.6. The largest absolute Gasteiger partial charge is 0.378 e. The number of carbonyl (C=O) groups excluding carboxylic acids is 1. The van der Waals surface area contributed by atoms with Gasteiger partial charge in [-0.25, -0.2) is 0 Å². The van der Waals surface area contributed by atoms with Crippen molar-refractivity contribution >= 4 is 40.5 Å². The smallest absolute Gasteiger partial charge is 0.225 e. The van der Waals surface area contributed by atoms with Crippen LogP contribution in [-0.2, 0) is 16.1 Å². The van der Waals surface area contributed by atoms with E-state index in [1.54, 1.807) is 6.07 Å². The van der Waals surface area contributed by atoms with Crippen molar-refractivity contribution < 1.29 is 9.53 Å². The van der Waals surface area contributed by atoms with E-state index in [0.717, 1.165) is 43.2 Å². The summed E-state index contributed by atoms with van der Waals surface area (Å²) in [4.78, 5) is 16.6. The van der Waals surface area contributed by atoms with E-state index in [1.807, 2.05) is 43.4 Å². The van der Waals surface area contributed by atoms with Crippen LogP contribution in [0.4, 0.5) is 11.4 Å². The van der Waals surface area contributed by atoms with Crippen LogP contribution in [0.1, 0.15) is 12.0 Å². The number of halogens is 2. The molecule has 0 aromatic heterocycles. The van der Waals surface area contributed by atoms with Crippen LogP contribution >= 0.6 is 23.2 Å². The highest BCUT2D eigenvalue weighted by Crippen LogP contribution is 2.26. The summed E-state index contributed by atoms with van der Waals surface area (Å²) >= 11 is 12.3. The molecule has 0 spiro atoms. The average Bonchev–Trinajstić information content (AvgIpc) is 2.71. The molecule has 0 aliphatic carbocycles. The second kappa shape index (κ2) is 10.1. The summed E-state index contributed by atoms with van der Waals surface area (Å²) < 4.78 is 5.38. The van der Waals surface area contributed by atoms with E-state index in [1.165, 1.54) is 0 Å². The molecule has 150 valence electrons. The van der Waals surface area contributed by atoms with Crippen LogP contribution < -0.4 is 10.2 Å². The Bertz CT molecular complexity index is 793. The molecule has 2 aromatic carbocycles. The van der Waals surface area contributed by atoms with Gasteiger partial charge in [-0.05, 0) is 42.9 Å². The summed E-state index contributed by atoms with van der Waals surface area (Å²) in [6.45, 7) is 4.57. The number of hydrogen-bond acceptors (Lipinski definition) is 4. The topological polar surface area (TPSA) is 44.8 Å². The maximum atomic E-state index is 12.3. The lowest BCUT2D eigenvalue weighted by Gasteiger charge is -2.28. The molecule has 3 rings (SSSR count). The molecular weight excluding hydrogens is 397 g/mol. The monoisotopic (exact) mass is 421 g/mol. The molecule has 0 radical (unpaired) electrons. The summed E-state index contributed by atoms with van der Waals surface area (Å²) in [5.41, 5.74) is 2.91. The third-order valence-corrected chi connectivity index (χ3v) is 5.58. The predicted molar refractivity (Wildman–Crippen MR) is 116 cm³/mol. The van der Waals surface area contributed by atoms with Gasteiger partial charge in [0.05, 0.1) is 23.3 Å². The van der Waals surface area contributed by atoms with Gasteiger partial charge in [0, 0.05) is 44.0 Å². The van der Waals surface area contributed by atoms with Crippen LogP contribution in [0.2, 0.25) is 10.0 Å².